The second kappa shape index (κ2) is 7.39. The highest BCUT2D eigenvalue weighted by Crippen LogP contribution is 2.29. The molecule has 0 fully saturated rings. The third-order valence-electron chi connectivity index (χ3n) is 4.29. The molecule has 2 N–H and O–H groups in total. The van der Waals surface area contributed by atoms with E-state index in [2.05, 4.69) is 10.3 Å². The molecule has 0 bridgehead atoms. The minimum absolute atomic E-state index is 0.0984. The monoisotopic (exact) mass is 394 g/mol. The number of hydrogen-bond acceptors (Lipinski definition) is 3. The van der Waals surface area contributed by atoms with Crippen LogP contribution in [0.4, 0.5) is 5.69 Å². The first-order valence-electron chi connectivity index (χ1n) is 8.34. The van der Waals surface area contributed by atoms with Crippen LogP contribution in [0.3, 0.4) is 0 Å². The number of benzene rings is 2. The van der Waals surface area contributed by atoms with E-state index in [1.807, 2.05) is 47.8 Å². The van der Waals surface area contributed by atoms with Gasteiger partial charge in [-0.3, -0.25) is 9.59 Å². The lowest BCUT2D eigenvalue weighted by atomic mass is 10.1. The van der Waals surface area contributed by atoms with Gasteiger partial charge in [-0.2, -0.15) is 0 Å². The highest BCUT2D eigenvalue weighted by molar-refractivity contribution is 7.17. The van der Waals surface area contributed by atoms with Crippen LogP contribution in [0.15, 0.2) is 66.2 Å². The number of halogens is 1. The first kappa shape index (κ1) is 17.5. The van der Waals surface area contributed by atoms with E-state index in [-0.39, 0.29) is 18.1 Å². The number of ketones is 1. The number of amides is 1. The van der Waals surface area contributed by atoms with Crippen molar-refractivity contribution in [1.29, 1.82) is 0 Å². The van der Waals surface area contributed by atoms with Crippen molar-refractivity contribution in [3.8, 4) is 0 Å². The summed E-state index contributed by atoms with van der Waals surface area (Å²) in [4.78, 5) is 27.9. The number of anilines is 1. The number of Topliss-reactive ketones (excluding diaryl/α,β-unsaturated/α-hetero) is 1. The van der Waals surface area contributed by atoms with E-state index in [0.717, 1.165) is 21.3 Å². The smallest absolute Gasteiger partial charge is 0.272 e. The van der Waals surface area contributed by atoms with Crippen molar-refractivity contribution in [2.24, 2.45) is 0 Å². The first-order valence-corrected chi connectivity index (χ1v) is 9.60. The summed E-state index contributed by atoms with van der Waals surface area (Å²) < 4.78 is 1.02. The van der Waals surface area contributed by atoms with Gasteiger partial charge in [-0.1, -0.05) is 41.9 Å². The van der Waals surface area contributed by atoms with Gasteiger partial charge in [0, 0.05) is 23.2 Å². The van der Waals surface area contributed by atoms with E-state index in [4.69, 9.17) is 11.6 Å². The summed E-state index contributed by atoms with van der Waals surface area (Å²) in [7, 11) is 0. The van der Waals surface area contributed by atoms with E-state index in [1.54, 1.807) is 29.7 Å². The number of hydrogen-bond donors (Lipinski definition) is 2. The fourth-order valence-corrected chi connectivity index (χ4v) is 3.96. The molecule has 0 aliphatic rings. The van der Waals surface area contributed by atoms with Crippen LogP contribution in [-0.2, 0) is 6.42 Å². The Balaban J connectivity index is 1.50. The van der Waals surface area contributed by atoms with E-state index in [0.29, 0.717) is 16.3 Å². The third kappa shape index (κ3) is 3.65. The van der Waals surface area contributed by atoms with Gasteiger partial charge in [0.2, 0.25) is 0 Å². The van der Waals surface area contributed by atoms with Gasteiger partial charge in [0.05, 0.1) is 10.4 Å². The summed E-state index contributed by atoms with van der Waals surface area (Å²) in [6, 6.07) is 16.6. The Morgan fingerprint density at radius 2 is 1.93 bits per heavy atom. The van der Waals surface area contributed by atoms with E-state index in [9.17, 15) is 9.59 Å². The standard InChI is InChI=1S/C21H15ClN2O2S/c22-16-6-2-1-4-14(16)11-19(25)15-10-18(23-12-15)21(26)24-17-7-3-5-13-8-9-27-20(13)17/h1-10,12,23H,11H2,(H,24,26). The lowest BCUT2D eigenvalue weighted by molar-refractivity contribution is 0.0992. The molecule has 0 unspecified atom stereocenters. The Labute approximate surface area is 164 Å². The maximum atomic E-state index is 12.6. The van der Waals surface area contributed by atoms with Crippen molar-refractivity contribution < 1.29 is 9.59 Å². The van der Waals surface area contributed by atoms with Crippen molar-refractivity contribution in [2.75, 3.05) is 5.32 Å². The van der Waals surface area contributed by atoms with Gasteiger partial charge < -0.3 is 10.3 Å². The number of aromatic amines is 1. The van der Waals surface area contributed by atoms with Crippen LogP contribution >= 0.6 is 22.9 Å². The average Bonchev–Trinajstić information content (AvgIpc) is 3.33. The van der Waals surface area contributed by atoms with Crippen molar-refractivity contribution in [3.05, 3.63) is 88.0 Å². The first-order chi connectivity index (χ1) is 13.1. The Bertz CT molecular complexity index is 1150. The van der Waals surface area contributed by atoms with Gasteiger partial charge in [0.1, 0.15) is 5.69 Å². The second-order valence-corrected chi connectivity index (χ2v) is 7.42. The number of carbonyl (C=O) groups is 2. The number of rotatable bonds is 5. The number of carbonyl (C=O) groups excluding carboxylic acids is 2. The molecule has 0 aliphatic heterocycles. The van der Waals surface area contributed by atoms with Gasteiger partial charge in [0.25, 0.3) is 5.91 Å². The maximum Gasteiger partial charge on any atom is 0.272 e. The normalized spacial score (nSPS) is 10.9. The summed E-state index contributed by atoms with van der Waals surface area (Å²) in [5.74, 6) is -0.383. The molecule has 0 spiro atoms. The van der Waals surface area contributed by atoms with Crippen molar-refractivity contribution in [2.45, 2.75) is 6.42 Å². The Kier molecular flexibility index (Phi) is 4.79. The van der Waals surface area contributed by atoms with Crippen molar-refractivity contribution in [1.82, 2.24) is 4.98 Å². The largest absolute Gasteiger partial charge is 0.356 e. The minimum atomic E-state index is -0.285. The van der Waals surface area contributed by atoms with E-state index in [1.165, 1.54) is 0 Å². The molecule has 4 aromatic rings. The molecule has 134 valence electrons. The molecule has 2 aromatic heterocycles. The third-order valence-corrected chi connectivity index (χ3v) is 5.62. The molecule has 0 radical (unpaired) electrons. The van der Waals surface area contributed by atoms with Crippen LogP contribution in [0.5, 0.6) is 0 Å². The van der Waals surface area contributed by atoms with E-state index >= 15 is 0 Å². The van der Waals surface area contributed by atoms with Gasteiger partial charge in [-0.05, 0) is 40.6 Å². The number of aromatic nitrogens is 1. The van der Waals surface area contributed by atoms with Gasteiger partial charge in [0.15, 0.2) is 5.78 Å². The molecule has 0 atom stereocenters. The van der Waals surface area contributed by atoms with Crippen LogP contribution in [0, 0.1) is 0 Å². The Hall–Kier alpha value is -2.89. The van der Waals surface area contributed by atoms with Crippen LogP contribution in [0.2, 0.25) is 5.02 Å². The molecule has 0 saturated carbocycles. The average molecular weight is 395 g/mol. The SMILES string of the molecule is O=C(Cc1ccccc1Cl)c1c[nH]c(C(=O)Nc2cccc3ccsc23)c1. The zero-order chi connectivity index (χ0) is 18.8. The Morgan fingerprint density at radius 1 is 1.07 bits per heavy atom. The van der Waals surface area contributed by atoms with Crippen LogP contribution < -0.4 is 5.32 Å². The van der Waals surface area contributed by atoms with Gasteiger partial charge >= 0.3 is 0 Å². The molecule has 4 rings (SSSR count). The number of fused-ring (bicyclic) bond motifs is 1. The number of H-pyrrole nitrogens is 1. The number of nitrogens with one attached hydrogen (secondary N) is 2. The summed E-state index contributed by atoms with van der Waals surface area (Å²) in [6.07, 6.45) is 1.74. The molecule has 1 amide bonds. The van der Waals surface area contributed by atoms with Crippen molar-refractivity contribution >= 4 is 50.4 Å². The van der Waals surface area contributed by atoms with Gasteiger partial charge in [-0.25, -0.2) is 0 Å². The highest BCUT2D eigenvalue weighted by Gasteiger charge is 2.15. The predicted molar refractivity (Wildman–Crippen MR) is 110 cm³/mol. The zero-order valence-corrected chi connectivity index (χ0v) is 15.7. The fourth-order valence-electron chi connectivity index (χ4n) is 2.88. The highest BCUT2D eigenvalue weighted by atomic mass is 35.5. The molecule has 0 aliphatic carbocycles. The quantitative estimate of drug-likeness (QED) is 0.435. The molecule has 4 nitrogen and oxygen atoms in total. The Morgan fingerprint density at radius 3 is 2.78 bits per heavy atom. The topological polar surface area (TPSA) is 62.0 Å². The van der Waals surface area contributed by atoms with Crippen LogP contribution in [0.1, 0.15) is 26.4 Å². The molecule has 27 heavy (non-hydrogen) atoms. The van der Waals surface area contributed by atoms with Crippen LogP contribution in [0.25, 0.3) is 10.1 Å². The summed E-state index contributed by atoms with van der Waals surface area (Å²) >= 11 is 7.69. The molecular formula is C21H15ClN2O2S. The lowest BCUT2D eigenvalue weighted by Gasteiger charge is -2.05. The molecular weight excluding hydrogens is 380 g/mol. The second-order valence-electron chi connectivity index (χ2n) is 6.09. The molecule has 2 heterocycles. The fraction of sp³-hybridized carbons (Fsp3) is 0.0476. The summed E-state index contributed by atoms with van der Waals surface area (Å²) in [5.41, 5.74) is 2.31. The number of thiophene rings is 1. The van der Waals surface area contributed by atoms with Crippen molar-refractivity contribution in [3.63, 3.8) is 0 Å². The minimum Gasteiger partial charge on any atom is -0.356 e. The van der Waals surface area contributed by atoms with E-state index < -0.39 is 0 Å². The lowest BCUT2D eigenvalue weighted by Crippen LogP contribution is -2.12. The zero-order valence-electron chi connectivity index (χ0n) is 14.2. The predicted octanol–water partition coefficient (Wildman–Crippen LogP) is 5.56. The van der Waals surface area contributed by atoms with Gasteiger partial charge in [-0.15, -0.1) is 11.3 Å². The summed E-state index contributed by atoms with van der Waals surface area (Å²) in [6.45, 7) is 0. The van der Waals surface area contributed by atoms with Crippen LogP contribution in [-0.4, -0.2) is 16.7 Å². The summed E-state index contributed by atoms with van der Waals surface area (Å²) in [5, 5.41) is 6.53. The molecule has 2 aromatic carbocycles. The molecule has 0 saturated heterocycles. The molecule has 6 heteroatoms. The maximum absolute atomic E-state index is 12.6.